The Morgan fingerprint density at radius 1 is 1.47 bits per heavy atom. The van der Waals surface area contributed by atoms with Crippen molar-refractivity contribution < 1.29 is 0 Å². The molecule has 2 rings (SSSR count). The summed E-state index contributed by atoms with van der Waals surface area (Å²) in [6.45, 7) is 7.50. The predicted molar refractivity (Wildman–Crippen MR) is 79.0 cm³/mol. The molecule has 1 N–H and O–H groups in total. The molecule has 1 aliphatic heterocycles. The number of rotatable bonds is 3. The second-order valence-corrected chi connectivity index (χ2v) is 7.22. The van der Waals surface area contributed by atoms with Gasteiger partial charge in [-0.1, -0.05) is 25.6 Å². The van der Waals surface area contributed by atoms with Crippen molar-refractivity contribution in [2.75, 3.05) is 5.75 Å². The average Bonchev–Trinajstić information content (AvgIpc) is 2.73. The number of hydrogen-bond donors (Lipinski definition) is 1. The molecule has 1 atom stereocenters. The van der Waals surface area contributed by atoms with Crippen LogP contribution < -0.4 is 5.32 Å². The summed E-state index contributed by atoms with van der Waals surface area (Å²) in [6.07, 6.45) is 1.25. The van der Waals surface area contributed by atoms with E-state index >= 15 is 0 Å². The maximum absolute atomic E-state index is 4.68. The highest BCUT2D eigenvalue weighted by atomic mass is 32.2. The summed E-state index contributed by atoms with van der Waals surface area (Å²) >= 11 is 3.69. The number of aliphatic imine (C=N–C) groups is 1. The molecule has 1 unspecified atom stereocenters. The van der Waals surface area contributed by atoms with Crippen molar-refractivity contribution in [1.82, 2.24) is 5.32 Å². The summed E-state index contributed by atoms with van der Waals surface area (Å²) < 4.78 is 0. The van der Waals surface area contributed by atoms with Crippen LogP contribution in [0.4, 0.5) is 0 Å². The maximum Gasteiger partial charge on any atom is 0.157 e. The van der Waals surface area contributed by atoms with E-state index in [0.717, 1.165) is 11.7 Å². The number of hydrogen-bond acceptors (Lipinski definition) is 3. The van der Waals surface area contributed by atoms with E-state index in [9.17, 15) is 0 Å². The van der Waals surface area contributed by atoms with Crippen LogP contribution in [-0.2, 0) is 6.54 Å². The van der Waals surface area contributed by atoms with Gasteiger partial charge < -0.3 is 5.32 Å². The summed E-state index contributed by atoms with van der Waals surface area (Å²) in [6, 6.07) is 4.94. The zero-order valence-corrected chi connectivity index (χ0v) is 12.3. The molecular weight excluding hydrogens is 248 g/mol. The quantitative estimate of drug-likeness (QED) is 0.904. The number of nitrogens with one attached hydrogen (secondary N) is 1. The zero-order chi connectivity index (χ0) is 12.3. The van der Waals surface area contributed by atoms with E-state index in [2.05, 4.69) is 43.2 Å². The molecule has 1 aromatic rings. The van der Waals surface area contributed by atoms with Gasteiger partial charge in [0.1, 0.15) is 0 Å². The van der Waals surface area contributed by atoms with Crippen molar-refractivity contribution >= 4 is 28.3 Å². The fourth-order valence-electron chi connectivity index (χ4n) is 1.87. The summed E-state index contributed by atoms with van der Waals surface area (Å²) in [7, 11) is 0. The maximum atomic E-state index is 4.68. The molecule has 0 aliphatic carbocycles. The SMILES string of the molecule is Cc1ccc(CN=C2NC(C(C)C)CCS2)s1. The van der Waals surface area contributed by atoms with Crippen LogP contribution in [0.15, 0.2) is 17.1 Å². The minimum absolute atomic E-state index is 0.597. The molecule has 0 saturated carbocycles. The third-order valence-electron chi connectivity index (χ3n) is 2.96. The molecule has 1 aromatic heterocycles. The van der Waals surface area contributed by atoms with E-state index < -0.39 is 0 Å². The van der Waals surface area contributed by atoms with E-state index in [-0.39, 0.29) is 0 Å². The van der Waals surface area contributed by atoms with Gasteiger partial charge >= 0.3 is 0 Å². The topological polar surface area (TPSA) is 24.4 Å². The van der Waals surface area contributed by atoms with Crippen LogP contribution in [0, 0.1) is 12.8 Å². The van der Waals surface area contributed by atoms with Gasteiger partial charge in [-0.3, -0.25) is 4.99 Å². The highest BCUT2D eigenvalue weighted by Gasteiger charge is 2.19. The molecule has 1 fully saturated rings. The van der Waals surface area contributed by atoms with Crippen molar-refractivity contribution in [3.05, 3.63) is 21.9 Å². The molecule has 94 valence electrons. The number of amidine groups is 1. The normalized spacial score (nSPS) is 23.1. The third-order valence-corrected chi connectivity index (χ3v) is 4.90. The van der Waals surface area contributed by atoms with Crippen LogP contribution >= 0.6 is 23.1 Å². The van der Waals surface area contributed by atoms with Crippen LogP contribution in [-0.4, -0.2) is 17.0 Å². The lowest BCUT2D eigenvalue weighted by Gasteiger charge is -2.28. The van der Waals surface area contributed by atoms with Gasteiger partial charge in [-0.15, -0.1) is 11.3 Å². The first-order valence-corrected chi connectivity index (χ1v) is 7.94. The second-order valence-electron chi connectivity index (χ2n) is 4.77. The molecule has 4 heteroatoms. The highest BCUT2D eigenvalue weighted by molar-refractivity contribution is 8.13. The van der Waals surface area contributed by atoms with Crippen molar-refractivity contribution in [3.8, 4) is 0 Å². The Hall–Kier alpha value is -0.480. The molecule has 0 aromatic carbocycles. The average molecular weight is 268 g/mol. The molecular formula is C13H20N2S2. The predicted octanol–water partition coefficient (Wildman–Crippen LogP) is 3.66. The molecule has 0 spiro atoms. The Morgan fingerprint density at radius 2 is 2.29 bits per heavy atom. The second kappa shape index (κ2) is 5.91. The summed E-state index contributed by atoms with van der Waals surface area (Å²) in [5.74, 6) is 1.88. The number of nitrogens with zero attached hydrogens (tertiary/aromatic N) is 1. The molecule has 17 heavy (non-hydrogen) atoms. The zero-order valence-electron chi connectivity index (χ0n) is 10.7. The Morgan fingerprint density at radius 3 is 2.94 bits per heavy atom. The van der Waals surface area contributed by atoms with Crippen LogP contribution in [0.2, 0.25) is 0 Å². The Kier molecular flexibility index (Phi) is 4.51. The monoisotopic (exact) mass is 268 g/mol. The first kappa shape index (κ1) is 13.0. The summed E-state index contributed by atoms with van der Waals surface area (Å²) in [4.78, 5) is 7.39. The fraction of sp³-hybridized carbons (Fsp3) is 0.615. The minimum atomic E-state index is 0.597. The van der Waals surface area contributed by atoms with Gasteiger partial charge in [0.2, 0.25) is 0 Å². The van der Waals surface area contributed by atoms with Crippen LogP contribution in [0.1, 0.15) is 30.0 Å². The van der Waals surface area contributed by atoms with E-state index in [1.54, 1.807) is 0 Å². The Labute approximate surface area is 112 Å². The Balaban J connectivity index is 1.93. The van der Waals surface area contributed by atoms with E-state index in [1.807, 2.05) is 23.1 Å². The van der Waals surface area contributed by atoms with Crippen molar-refractivity contribution in [3.63, 3.8) is 0 Å². The first-order chi connectivity index (χ1) is 8.15. The lowest BCUT2D eigenvalue weighted by Crippen LogP contribution is -2.41. The molecule has 1 saturated heterocycles. The number of thiophene rings is 1. The van der Waals surface area contributed by atoms with Gasteiger partial charge in [0.25, 0.3) is 0 Å². The van der Waals surface area contributed by atoms with Crippen LogP contribution in [0.3, 0.4) is 0 Å². The standard InChI is InChI=1S/C13H20N2S2/c1-9(2)12-6-7-16-13(15-12)14-8-11-5-4-10(3)17-11/h4-5,9,12H,6-8H2,1-3H3,(H,14,15). The minimum Gasteiger partial charge on any atom is -0.362 e. The number of thioether (sulfide) groups is 1. The Bertz CT molecular complexity index is 396. The lowest BCUT2D eigenvalue weighted by atomic mass is 10.0. The molecule has 0 bridgehead atoms. The highest BCUT2D eigenvalue weighted by Crippen LogP contribution is 2.20. The smallest absolute Gasteiger partial charge is 0.157 e. The number of aryl methyl sites for hydroxylation is 1. The fourth-order valence-corrected chi connectivity index (χ4v) is 3.64. The van der Waals surface area contributed by atoms with Crippen molar-refractivity contribution in [2.45, 2.75) is 39.8 Å². The van der Waals surface area contributed by atoms with Gasteiger partial charge in [-0.2, -0.15) is 0 Å². The van der Waals surface area contributed by atoms with Gasteiger partial charge in [0.15, 0.2) is 5.17 Å². The first-order valence-electron chi connectivity index (χ1n) is 6.14. The van der Waals surface area contributed by atoms with Crippen LogP contribution in [0.5, 0.6) is 0 Å². The van der Waals surface area contributed by atoms with Gasteiger partial charge in [0.05, 0.1) is 6.54 Å². The molecule has 1 aliphatic rings. The molecule has 0 radical (unpaired) electrons. The summed E-state index contributed by atoms with van der Waals surface area (Å²) in [5, 5.41) is 4.67. The third kappa shape index (κ3) is 3.75. The molecule has 2 heterocycles. The van der Waals surface area contributed by atoms with Gasteiger partial charge in [-0.25, -0.2) is 0 Å². The van der Waals surface area contributed by atoms with Crippen molar-refractivity contribution in [2.24, 2.45) is 10.9 Å². The molecule has 2 nitrogen and oxygen atoms in total. The van der Waals surface area contributed by atoms with Gasteiger partial charge in [0, 0.05) is 21.5 Å². The van der Waals surface area contributed by atoms with Crippen LogP contribution in [0.25, 0.3) is 0 Å². The van der Waals surface area contributed by atoms with E-state index in [0.29, 0.717) is 12.0 Å². The largest absolute Gasteiger partial charge is 0.362 e. The van der Waals surface area contributed by atoms with E-state index in [4.69, 9.17) is 0 Å². The van der Waals surface area contributed by atoms with E-state index in [1.165, 1.54) is 21.9 Å². The summed E-state index contributed by atoms with van der Waals surface area (Å²) in [5.41, 5.74) is 0. The molecule has 0 amide bonds. The lowest BCUT2D eigenvalue weighted by molar-refractivity contribution is 0.442. The van der Waals surface area contributed by atoms with Gasteiger partial charge in [-0.05, 0) is 31.4 Å². The van der Waals surface area contributed by atoms with Crippen molar-refractivity contribution in [1.29, 1.82) is 0 Å².